The number of nitrogens with one attached hydrogen (secondary N) is 1. The number of methoxy groups -OCH3 is 1. The summed E-state index contributed by atoms with van der Waals surface area (Å²) in [6, 6.07) is 0. The van der Waals surface area contributed by atoms with Crippen LogP contribution in [0.4, 0.5) is 5.13 Å². The molecule has 0 aliphatic rings. The Kier molecular flexibility index (Phi) is 5.14. The number of ether oxygens (including phenoxy) is 1. The standard InChI is InChI=1S/C8H14ClN3OS/c1-6-11-8(14-12-6)10-4-3-7(9)5-13-2/h7H,3-5H2,1-2H3,(H,10,11,12). The van der Waals surface area contributed by atoms with Crippen molar-refractivity contribution in [1.82, 2.24) is 9.36 Å². The van der Waals surface area contributed by atoms with Crippen molar-refractivity contribution >= 4 is 28.3 Å². The summed E-state index contributed by atoms with van der Waals surface area (Å²) < 4.78 is 8.99. The van der Waals surface area contributed by atoms with Crippen molar-refractivity contribution in [2.75, 3.05) is 25.6 Å². The first-order valence-electron chi connectivity index (χ1n) is 4.39. The van der Waals surface area contributed by atoms with Gasteiger partial charge in [0.25, 0.3) is 0 Å². The van der Waals surface area contributed by atoms with Crippen molar-refractivity contribution in [3.05, 3.63) is 5.82 Å². The molecule has 1 N–H and O–H groups in total. The number of hydrogen-bond donors (Lipinski definition) is 1. The minimum atomic E-state index is 0.0570. The number of nitrogens with zero attached hydrogens (tertiary/aromatic N) is 2. The zero-order valence-corrected chi connectivity index (χ0v) is 9.86. The Balaban J connectivity index is 2.15. The molecule has 0 fully saturated rings. The number of aromatic nitrogens is 2. The molecule has 0 aromatic carbocycles. The fraction of sp³-hybridized carbons (Fsp3) is 0.750. The van der Waals surface area contributed by atoms with Crippen LogP contribution in [-0.4, -0.2) is 35.0 Å². The molecule has 1 unspecified atom stereocenters. The molecule has 0 amide bonds. The van der Waals surface area contributed by atoms with Gasteiger partial charge in [-0.25, -0.2) is 4.98 Å². The van der Waals surface area contributed by atoms with Crippen molar-refractivity contribution in [2.45, 2.75) is 18.7 Å². The Morgan fingerprint density at radius 3 is 3.00 bits per heavy atom. The Morgan fingerprint density at radius 1 is 1.64 bits per heavy atom. The van der Waals surface area contributed by atoms with E-state index in [9.17, 15) is 0 Å². The lowest BCUT2D eigenvalue weighted by Gasteiger charge is -2.07. The number of aryl methyl sites for hydroxylation is 1. The van der Waals surface area contributed by atoms with Crippen LogP contribution >= 0.6 is 23.1 Å². The monoisotopic (exact) mass is 235 g/mol. The fourth-order valence-electron chi connectivity index (χ4n) is 0.969. The van der Waals surface area contributed by atoms with Crippen LogP contribution in [0.3, 0.4) is 0 Å². The van der Waals surface area contributed by atoms with Gasteiger partial charge in [-0.3, -0.25) is 0 Å². The fourth-order valence-corrected chi connectivity index (χ4v) is 1.80. The third-order valence-corrected chi connectivity index (χ3v) is 2.72. The SMILES string of the molecule is COCC(Cl)CCNc1nc(C)ns1. The predicted molar refractivity (Wildman–Crippen MR) is 59.3 cm³/mol. The van der Waals surface area contributed by atoms with E-state index in [1.165, 1.54) is 11.5 Å². The Labute approximate surface area is 92.8 Å². The van der Waals surface area contributed by atoms with E-state index >= 15 is 0 Å². The quantitative estimate of drug-likeness (QED) is 0.766. The normalized spacial score (nSPS) is 12.8. The Morgan fingerprint density at radius 2 is 2.43 bits per heavy atom. The highest BCUT2D eigenvalue weighted by Gasteiger charge is 2.04. The summed E-state index contributed by atoms with van der Waals surface area (Å²) in [6.07, 6.45) is 0.855. The smallest absolute Gasteiger partial charge is 0.202 e. The van der Waals surface area contributed by atoms with Crippen LogP contribution in [0.2, 0.25) is 0 Å². The lowest BCUT2D eigenvalue weighted by molar-refractivity contribution is 0.196. The molecule has 1 atom stereocenters. The molecular formula is C8H14ClN3OS. The third kappa shape index (κ3) is 4.21. The van der Waals surface area contributed by atoms with E-state index in [1.807, 2.05) is 6.92 Å². The van der Waals surface area contributed by atoms with Crippen LogP contribution in [0, 0.1) is 6.92 Å². The van der Waals surface area contributed by atoms with Crippen LogP contribution < -0.4 is 5.32 Å². The highest BCUT2D eigenvalue weighted by atomic mass is 35.5. The van der Waals surface area contributed by atoms with E-state index in [-0.39, 0.29) is 5.38 Å². The highest BCUT2D eigenvalue weighted by molar-refractivity contribution is 7.09. The molecule has 14 heavy (non-hydrogen) atoms. The summed E-state index contributed by atoms with van der Waals surface area (Å²) in [5.74, 6) is 0.803. The summed E-state index contributed by atoms with van der Waals surface area (Å²) in [5, 5.41) is 4.07. The first-order valence-corrected chi connectivity index (χ1v) is 5.60. The van der Waals surface area contributed by atoms with Crippen LogP contribution in [0.1, 0.15) is 12.2 Å². The average molecular weight is 236 g/mol. The second kappa shape index (κ2) is 6.16. The molecule has 0 aliphatic carbocycles. The minimum absolute atomic E-state index is 0.0570. The van der Waals surface area contributed by atoms with Gasteiger partial charge in [0.15, 0.2) is 0 Å². The largest absolute Gasteiger partial charge is 0.383 e. The first-order chi connectivity index (χ1) is 6.72. The van der Waals surface area contributed by atoms with E-state index in [4.69, 9.17) is 16.3 Å². The van der Waals surface area contributed by atoms with E-state index in [0.29, 0.717) is 6.61 Å². The highest BCUT2D eigenvalue weighted by Crippen LogP contribution is 2.10. The lowest BCUT2D eigenvalue weighted by Crippen LogP contribution is -2.13. The van der Waals surface area contributed by atoms with Crippen molar-refractivity contribution in [1.29, 1.82) is 0 Å². The Hall–Kier alpha value is -0.390. The van der Waals surface area contributed by atoms with Gasteiger partial charge in [0.2, 0.25) is 5.13 Å². The summed E-state index contributed by atoms with van der Waals surface area (Å²) in [4.78, 5) is 4.18. The van der Waals surface area contributed by atoms with Gasteiger partial charge in [-0.05, 0) is 13.3 Å². The van der Waals surface area contributed by atoms with Crippen molar-refractivity contribution in [3.8, 4) is 0 Å². The molecule has 4 nitrogen and oxygen atoms in total. The maximum Gasteiger partial charge on any atom is 0.202 e. The number of halogens is 1. The molecule has 6 heteroatoms. The molecular weight excluding hydrogens is 222 g/mol. The van der Waals surface area contributed by atoms with Crippen LogP contribution in [0.15, 0.2) is 0 Å². The van der Waals surface area contributed by atoms with Gasteiger partial charge in [-0.1, -0.05) is 0 Å². The molecule has 0 bridgehead atoms. The van der Waals surface area contributed by atoms with Crippen molar-refractivity contribution < 1.29 is 4.74 Å². The van der Waals surface area contributed by atoms with Gasteiger partial charge in [-0.15, -0.1) is 11.6 Å². The predicted octanol–water partition coefficient (Wildman–Crippen LogP) is 1.90. The van der Waals surface area contributed by atoms with E-state index in [0.717, 1.165) is 23.9 Å². The molecule has 0 radical (unpaired) electrons. The molecule has 80 valence electrons. The van der Waals surface area contributed by atoms with Gasteiger partial charge in [-0.2, -0.15) is 4.37 Å². The average Bonchev–Trinajstić information content (AvgIpc) is 2.52. The summed E-state index contributed by atoms with van der Waals surface area (Å²) >= 11 is 7.32. The number of anilines is 1. The van der Waals surface area contributed by atoms with Gasteiger partial charge in [0, 0.05) is 25.2 Å². The second-order valence-electron chi connectivity index (χ2n) is 2.91. The molecule has 0 aliphatic heterocycles. The van der Waals surface area contributed by atoms with Crippen LogP contribution in [0.5, 0.6) is 0 Å². The molecule has 1 heterocycles. The summed E-state index contributed by atoms with van der Waals surface area (Å²) in [6.45, 7) is 3.25. The summed E-state index contributed by atoms with van der Waals surface area (Å²) in [5.41, 5.74) is 0. The van der Waals surface area contributed by atoms with E-state index < -0.39 is 0 Å². The molecule has 1 rings (SSSR count). The first kappa shape index (κ1) is 11.7. The zero-order valence-electron chi connectivity index (χ0n) is 8.29. The molecule has 0 saturated carbocycles. The van der Waals surface area contributed by atoms with Crippen LogP contribution in [0.25, 0.3) is 0 Å². The number of alkyl halides is 1. The summed E-state index contributed by atoms with van der Waals surface area (Å²) in [7, 11) is 1.65. The second-order valence-corrected chi connectivity index (χ2v) is 4.28. The van der Waals surface area contributed by atoms with E-state index in [2.05, 4.69) is 14.7 Å². The van der Waals surface area contributed by atoms with E-state index in [1.54, 1.807) is 7.11 Å². The molecule has 1 aromatic rings. The number of rotatable bonds is 6. The molecule has 0 saturated heterocycles. The van der Waals surface area contributed by atoms with Crippen molar-refractivity contribution in [3.63, 3.8) is 0 Å². The molecule has 1 aromatic heterocycles. The van der Waals surface area contributed by atoms with Gasteiger partial charge in [0.1, 0.15) is 5.82 Å². The lowest BCUT2D eigenvalue weighted by atomic mass is 10.3. The Bertz CT molecular complexity index is 269. The van der Waals surface area contributed by atoms with Gasteiger partial charge >= 0.3 is 0 Å². The maximum atomic E-state index is 5.95. The third-order valence-electron chi connectivity index (χ3n) is 1.61. The minimum Gasteiger partial charge on any atom is -0.383 e. The number of hydrogen-bond acceptors (Lipinski definition) is 5. The van der Waals surface area contributed by atoms with Crippen LogP contribution in [-0.2, 0) is 4.74 Å². The van der Waals surface area contributed by atoms with Crippen molar-refractivity contribution in [2.24, 2.45) is 0 Å². The molecule has 0 spiro atoms. The topological polar surface area (TPSA) is 47.0 Å². The maximum absolute atomic E-state index is 5.95. The van der Waals surface area contributed by atoms with Gasteiger partial charge in [0.05, 0.1) is 12.0 Å². The zero-order chi connectivity index (χ0) is 10.4. The van der Waals surface area contributed by atoms with Gasteiger partial charge < -0.3 is 10.1 Å².